The van der Waals surface area contributed by atoms with Gasteiger partial charge in [-0.15, -0.1) is 0 Å². The highest BCUT2D eigenvalue weighted by Crippen LogP contribution is 2.33. The molecule has 0 unspecified atom stereocenters. The Labute approximate surface area is 135 Å². The number of phenols is 1. The third-order valence-electron chi connectivity index (χ3n) is 3.22. The molecule has 0 aliphatic carbocycles. The molecule has 2 rings (SSSR count). The fraction of sp³-hybridized carbons (Fsp3) is 0.250. The predicted octanol–water partition coefficient (Wildman–Crippen LogP) is 4.51. The van der Waals surface area contributed by atoms with Crippen molar-refractivity contribution in [2.24, 2.45) is 0 Å². The van der Waals surface area contributed by atoms with Gasteiger partial charge in [0.25, 0.3) is 0 Å². The van der Waals surface area contributed by atoms with Gasteiger partial charge in [0.15, 0.2) is 0 Å². The largest absolute Gasteiger partial charge is 0.508 e. The highest BCUT2D eigenvalue weighted by molar-refractivity contribution is 9.10. The second kappa shape index (κ2) is 7.15. The lowest BCUT2D eigenvalue weighted by atomic mass is 10.1. The third kappa shape index (κ3) is 4.74. The van der Waals surface area contributed by atoms with Gasteiger partial charge in [-0.25, -0.2) is 0 Å². The van der Waals surface area contributed by atoms with Crippen LogP contribution in [0.2, 0.25) is 0 Å². The van der Waals surface area contributed by atoms with Gasteiger partial charge in [-0.3, -0.25) is 0 Å². The molecule has 2 aromatic rings. The van der Waals surface area contributed by atoms with Crippen LogP contribution in [0.3, 0.4) is 0 Å². The van der Waals surface area contributed by atoms with Crippen molar-refractivity contribution < 1.29 is 18.3 Å². The Balaban J connectivity index is 1.93. The number of alkyl halides is 3. The lowest BCUT2D eigenvalue weighted by molar-refractivity contribution is -0.138. The number of hydrogen-bond donors (Lipinski definition) is 2. The number of halogens is 4. The molecule has 0 atom stereocenters. The van der Waals surface area contributed by atoms with E-state index in [2.05, 4.69) is 21.2 Å². The first-order valence-corrected chi connectivity index (χ1v) is 7.50. The summed E-state index contributed by atoms with van der Waals surface area (Å²) in [4.78, 5) is 0. The SMILES string of the molecule is Oc1ccc(CCNCc2ccc(Br)cc2C(F)(F)F)cc1. The number of rotatable bonds is 5. The molecule has 2 N–H and O–H groups in total. The molecule has 0 saturated carbocycles. The van der Waals surface area contributed by atoms with Crippen LogP contribution in [-0.4, -0.2) is 11.7 Å². The maximum atomic E-state index is 13.0. The van der Waals surface area contributed by atoms with Crippen molar-refractivity contribution in [1.29, 1.82) is 0 Å². The first-order chi connectivity index (χ1) is 10.4. The van der Waals surface area contributed by atoms with E-state index >= 15 is 0 Å². The predicted molar refractivity (Wildman–Crippen MR) is 82.7 cm³/mol. The summed E-state index contributed by atoms with van der Waals surface area (Å²) < 4.78 is 39.3. The van der Waals surface area contributed by atoms with E-state index in [4.69, 9.17) is 0 Å². The molecule has 0 amide bonds. The Morgan fingerprint density at radius 1 is 1.05 bits per heavy atom. The molecule has 0 radical (unpaired) electrons. The monoisotopic (exact) mass is 373 g/mol. The highest BCUT2D eigenvalue weighted by atomic mass is 79.9. The molecule has 6 heteroatoms. The summed E-state index contributed by atoms with van der Waals surface area (Å²) in [6, 6.07) is 10.9. The summed E-state index contributed by atoms with van der Waals surface area (Å²) in [6.45, 7) is 0.707. The lowest BCUT2D eigenvalue weighted by Crippen LogP contribution is -2.19. The molecule has 2 aromatic carbocycles. The standard InChI is InChI=1S/C16H15BrF3NO/c17-13-4-3-12(15(9-13)16(18,19)20)10-21-8-7-11-1-5-14(22)6-2-11/h1-6,9,21-22H,7-8,10H2. The van der Waals surface area contributed by atoms with Gasteiger partial charge < -0.3 is 10.4 Å². The zero-order valence-corrected chi connectivity index (χ0v) is 13.2. The van der Waals surface area contributed by atoms with E-state index in [1.165, 1.54) is 6.07 Å². The van der Waals surface area contributed by atoms with E-state index in [0.717, 1.165) is 11.6 Å². The fourth-order valence-electron chi connectivity index (χ4n) is 2.09. The van der Waals surface area contributed by atoms with Gasteiger partial charge in [0, 0.05) is 11.0 Å². The van der Waals surface area contributed by atoms with Gasteiger partial charge >= 0.3 is 6.18 Å². The van der Waals surface area contributed by atoms with Crippen molar-refractivity contribution in [3.05, 3.63) is 63.6 Å². The molecule has 0 aliphatic rings. The summed E-state index contributed by atoms with van der Waals surface area (Å²) in [6.07, 6.45) is -3.68. The normalized spacial score (nSPS) is 11.6. The Kier molecular flexibility index (Phi) is 5.47. The fourth-order valence-corrected chi connectivity index (χ4v) is 2.45. The van der Waals surface area contributed by atoms with Crippen LogP contribution in [0.1, 0.15) is 16.7 Å². The van der Waals surface area contributed by atoms with E-state index in [0.29, 0.717) is 17.4 Å². The summed E-state index contributed by atoms with van der Waals surface area (Å²) in [5.74, 6) is 0.196. The van der Waals surface area contributed by atoms with Crippen LogP contribution in [-0.2, 0) is 19.1 Å². The number of hydrogen-bond acceptors (Lipinski definition) is 2. The minimum atomic E-state index is -4.36. The Morgan fingerprint density at radius 3 is 2.36 bits per heavy atom. The molecule has 0 fully saturated rings. The maximum Gasteiger partial charge on any atom is 0.416 e. The Bertz CT molecular complexity index is 626. The first-order valence-electron chi connectivity index (χ1n) is 6.70. The molecular weight excluding hydrogens is 359 g/mol. The summed E-state index contributed by atoms with van der Waals surface area (Å²) >= 11 is 3.07. The molecular formula is C16H15BrF3NO. The molecule has 0 saturated heterocycles. The van der Waals surface area contributed by atoms with Crippen molar-refractivity contribution in [3.63, 3.8) is 0 Å². The topological polar surface area (TPSA) is 32.3 Å². The van der Waals surface area contributed by atoms with Gasteiger partial charge in [-0.2, -0.15) is 13.2 Å². The minimum Gasteiger partial charge on any atom is -0.508 e. The maximum absolute atomic E-state index is 13.0. The average Bonchev–Trinajstić information content (AvgIpc) is 2.45. The van der Waals surface area contributed by atoms with Crippen LogP contribution >= 0.6 is 15.9 Å². The lowest BCUT2D eigenvalue weighted by Gasteiger charge is -2.14. The van der Waals surface area contributed by atoms with E-state index in [9.17, 15) is 18.3 Å². The minimum absolute atomic E-state index is 0.153. The van der Waals surface area contributed by atoms with Gasteiger partial charge in [0.05, 0.1) is 5.56 Å². The first kappa shape index (κ1) is 16.8. The second-order valence-corrected chi connectivity index (χ2v) is 5.81. The zero-order valence-electron chi connectivity index (χ0n) is 11.6. The van der Waals surface area contributed by atoms with Crippen LogP contribution in [0.15, 0.2) is 46.9 Å². The van der Waals surface area contributed by atoms with Gasteiger partial charge in [0.2, 0.25) is 0 Å². The van der Waals surface area contributed by atoms with Crippen LogP contribution in [0.25, 0.3) is 0 Å². The van der Waals surface area contributed by atoms with E-state index in [1.54, 1.807) is 30.3 Å². The molecule has 118 valence electrons. The van der Waals surface area contributed by atoms with Crippen molar-refractivity contribution in [2.45, 2.75) is 19.1 Å². The van der Waals surface area contributed by atoms with E-state index in [1.807, 2.05) is 0 Å². The number of phenolic OH excluding ortho intramolecular Hbond substituents is 1. The average molecular weight is 374 g/mol. The van der Waals surface area contributed by atoms with Gasteiger partial charge in [-0.05, 0) is 48.4 Å². The Morgan fingerprint density at radius 2 is 1.73 bits per heavy atom. The van der Waals surface area contributed by atoms with Gasteiger partial charge in [-0.1, -0.05) is 34.1 Å². The molecule has 0 bridgehead atoms. The van der Waals surface area contributed by atoms with Crippen LogP contribution in [0, 0.1) is 0 Å². The van der Waals surface area contributed by atoms with Crippen molar-refractivity contribution in [1.82, 2.24) is 5.32 Å². The number of benzene rings is 2. The molecule has 0 aromatic heterocycles. The van der Waals surface area contributed by atoms with Gasteiger partial charge in [0.1, 0.15) is 5.75 Å². The molecule has 22 heavy (non-hydrogen) atoms. The second-order valence-electron chi connectivity index (χ2n) is 4.89. The van der Waals surface area contributed by atoms with Crippen molar-refractivity contribution >= 4 is 15.9 Å². The molecule has 0 spiro atoms. The molecule has 0 heterocycles. The highest BCUT2D eigenvalue weighted by Gasteiger charge is 2.33. The quantitative estimate of drug-likeness (QED) is 0.756. The summed E-state index contributed by atoms with van der Waals surface area (Å²) in [5.41, 5.74) is 0.609. The summed E-state index contributed by atoms with van der Waals surface area (Å²) in [7, 11) is 0. The summed E-state index contributed by atoms with van der Waals surface area (Å²) in [5, 5.41) is 12.2. The smallest absolute Gasteiger partial charge is 0.416 e. The van der Waals surface area contributed by atoms with Crippen molar-refractivity contribution in [3.8, 4) is 5.75 Å². The number of aromatic hydroxyl groups is 1. The van der Waals surface area contributed by atoms with E-state index in [-0.39, 0.29) is 17.9 Å². The number of nitrogens with one attached hydrogen (secondary N) is 1. The van der Waals surface area contributed by atoms with E-state index < -0.39 is 11.7 Å². The van der Waals surface area contributed by atoms with Crippen molar-refractivity contribution in [2.75, 3.05) is 6.54 Å². The zero-order chi connectivity index (χ0) is 16.2. The third-order valence-corrected chi connectivity index (χ3v) is 3.71. The Hall–Kier alpha value is -1.53. The molecule has 2 nitrogen and oxygen atoms in total. The molecule has 0 aliphatic heterocycles. The van der Waals surface area contributed by atoms with Crippen LogP contribution in [0.4, 0.5) is 13.2 Å². The van der Waals surface area contributed by atoms with Crippen LogP contribution in [0.5, 0.6) is 5.75 Å². The van der Waals surface area contributed by atoms with Crippen LogP contribution < -0.4 is 5.32 Å².